The minimum atomic E-state index is 0. The standard InChI is InChI=1S/Au.Cr.Cu.Mg.2H. The van der Waals surface area contributed by atoms with Crippen molar-refractivity contribution in [2.45, 2.75) is 0 Å². The largest absolute Gasteiger partial charge is 0.316 e. The van der Waals surface area contributed by atoms with E-state index in [2.05, 4.69) is 0 Å². The molecular formula is H2AuCrCuMg. The van der Waals surface area contributed by atoms with Gasteiger partial charge in [-0.05, 0) is 0 Å². The maximum absolute atomic E-state index is 0. The first-order valence-corrected chi connectivity index (χ1v) is 0. The fourth-order valence-corrected chi connectivity index (χ4v) is 0. The zero-order valence-electron chi connectivity index (χ0n) is 1.01. The summed E-state index contributed by atoms with van der Waals surface area (Å²) in [6.07, 6.45) is 0. The van der Waals surface area contributed by atoms with Gasteiger partial charge in [-0.2, -0.15) is 0 Å². The van der Waals surface area contributed by atoms with Crippen LogP contribution in [0.5, 0.6) is 0 Å². The van der Waals surface area contributed by atoms with Gasteiger partial charge in [0.25, 0.3) is 0 Å². The quantitative estimate of drug-likeness (QED) is 0.501. The Morgan fingerprint density at radius 2 is 1.00 bits per heavy atom. The predicted molar refractivity (Wildman–Crippen MR) is 8.54 cm³/mol. The van der Waals surface area contributed by atoms with Gasteiger partial charge < -0.3 is 0 Å². The van der Waals surface area contributed by atoms with Crippen LogP contribution < -0.4 is 0 Å². The molecule has 0 heterocycles. The second-order valence-corrected chi connectivity index (χ2v) is 0. The first-order valence-electron chi connectivity index (χ1n) is 0. The fraction of sp³-hybridized carbons (Fsp3) is 0. The molecule has 0 bridgehead atoms. The van der Waals surface area contributed by atoms with E-state index in [1.807, 2.05) is 0 Å². The van der Waals surface area contributed by atoms with Crippen molar-refractivity contribution >= 4 is 23.1 Å². The average molecular weight is 339 g/mol. The van der Waals surface area contributed by atoms with E-state index < -0.39 is 0 Å². The molecule has 0 rings (SSSR count). The Morgan fingerprint density at radius 3 is 1.00 bits per heavy atom. The van der Waals surface area contributed by atoms with E-state index in [1.54, 1.807) is 0 Å². The van der Waals surface area contributed by atoms with Gasteiger partial charge >= 0.3 is 23.1 Å². The molecular weight excluding hydrogens is 337 g/mol. The topological polar surface area (TPSA) is 0 Å². The molecule has 0 aliphatic carbocycles. The van der Waals surface area contributed by atoms with Crippen molar-refractivity contribution in [2.75, 3.05) is 0 Å². The summed E-state index contributed by atoms with van der Waals surface area (Å²) < 4.78 is 0. The van der Waals surface area contributed by atoms with E-state index >= 15 is 0 Å². The van der Waals surface area contributed by atoms with Crippen molar-refractivity contribution in [3.8, 4) is 0 Å². The van der Waals surface area contributed by atoms with Crippen LogP contribution in [0.2, 0.25) is 0 Å². The Balaban J connectivity index is 0. The van der Waals surface area contributed by atoms with E-state index in [1.165, 1.54) is 0 Å². The molecule has 0 atom stereocenters. The van der Waals surface area contributed by atoms with Crippen LogP contribution >= 0.6 is 0 Å². The SMILES string of the molecule is [Au].[Cr].[Cu].[MgH2]. The van der Waals surface area contributed by atoms with E-state index in [0.29, 0.717) is 0 Å². The zero-order valence-corrected chi connectivity index (χ0v) is 5.39. The molecule has 0 aliphatic heterocycles. The summed E-state index contributed by atoms with van der Waals surface area (Å²) in [6.45, 7) is 0. The second kappa shape index (κ2) is 17.6. The van der Waals surface area contributed by atoms with E-state index in [0.717, 1.165) is 0 Å². The van der Waals surface area contributed by atoms with Gasteiger partial charge in [0.15, 0.2) is 0 Å². The summed E-state index contributed by atoms with van der Waals surface area (Å²) >= 11 is 0. The summed E-state index contributed by atoms with van der Waals surface area (Å²) in [5, 5.41) is 0. The normalized spacial score (nSPS) is 0. The first-order chi connectivity index (χ1) is 0. The van der Waals surface area contributed by atoms with Crippen LogP contribution in [-0.4, -0.2) is 23.1 Å². The summed E-state index contributed by atoms with van der Waals surface area (Å²) in [6, 6.07) is 0. The number of hydrogen-bond donors (Lipinski definition) is 0. The third kappa shape index (κ3) is 8.82. The molecule has 0 saturated carbocycles. The van der Waals surface area contributed by atoms with Crippen molar-refractivity contribution in [1.29, 1.82) is 0 Å². The van der Waals surface area contributed by atoms with E-state index in [4.69, 9.17) is 0 Å². The third-order valence-corrected chi connectivity index (χ3v) is 0. The Morgan fingerprint density at radius 1 is 1.00 bits per heavy atom. The number of rotatable bonds is 0. The minimum Gasteiger partial charge on any atom is 0 e. The van der Waals surface area contributed by atoms with Crippen LogP contribution in [0.4, 0.5) is 0 Å². The Kier molecular flexibility index (Phi) is 137. The maximum atomic E-state index is 0. The summed E-state index contributed by atoms with van der Waals surface area (Å²) in [5.41, 5.74) is 0. The van der Waals surface area contributed by atoms with Gasteiger partial charge in [-0.15, -0.1) is 0 Å². The van der Waals surface area contributed by atoms with Crippen LogP contribution in [0.1, 0.15) is 0 Å². The van der Waals surface area contributed by atoms with Gasteiger partial charge in [0.1, 0.15) is 0 Å². The Labute approximate surface area is 78.7 Å². The van der Waals surface area contributed by atoms with E-state index in [-0.39, 0.29) is 79.9 Å². The Hall–Kier alpha value is 2.56. The molecule has 0 saturated heterocycles. The summed E-state index contributed by atoms with van der Waals surface area (Å²) in [5.74, 6) is 0. The van der Waals surface area contributed by atoms with Crippen molar-refractivity contribution in [1.82, 2.24) is 0 Å². The molecule has 0 aliphatic rings. The third-order valence-electron chi connectivity index (χ3n) is 0. The van der Waals surface area contributed by atoms with Gasteiger partial charge in [0, 0.05) is 56.8 Å². The molecule has 0 amide bonds. The van der Waals surface area contributed by atoms with Crippen LogP contribution in [0.25, 0.3) is 0 Å². The molecule has 0 nitrogen and oxygen atoms in total. The van der Waals surface area contributed by atoms with Gasteiger partial charge in [0.2, 0.25) is 0 Å². The Bertz CT molecular complexity index is 8.00. The molecule has 0 N–H and O–H groups in total. The second-order valence-electron chi connectivity index (χ2n) is 0. The molecule has 32 valence electrons. The van der Waals surface area contributed by atoms with Crippen molar-refractivity contribution in [3.05, 3.63) is 0 Å². The van der Waals surface area contributed by atoms with E-state index in [9.17, 15) is 0 Å². The van der Waals surface area contributed by atoms with Crippen LogP contribution in [0.15, 0.2) is 0 Å². The summed E-state index contributed by atoms with van der Waals surface area (Å²) in [4.78, 5) is 0. The van der Waals surface area contributed by atoms with Gasteiger partial charge in [-0.3, -0.25) is 0 Å². The molecule has 0 unspecified atom stereocenters. The monoisotopic (exact) mass is 338 g/mol. The zero-order chi connectivity index (χ0) is 0. The van der Waals surface area contributed by atoms with Gasteiger partial charge in [-0.1, -0.05) is 0 Å². The minimum absolute atomic E-state index is 0. The molecule has 4 heteroatoms. The molecule has 0 aromatic rings. The molecule has 0 aromatic heterocycles. The molecule has 0 fully saturated rings. The molecule has 4 heavy (non-hydrogen) atoms. The van der Waals surface area contributed by atoms with Gasteiger partial charge in [0.05, 0.1) is 0 Å². The van der Waals surface area contributed by atoms with Crippen LogP contribution in [0.3, 0.4) is 0 Å². The summed E-state index contributed by atoms with van der Waals surface area (Å²) in [7, 11) is 0. The van der Waals surface area contributed by atoms with Crippen LogP contribution in [-0.2, 0) is 56.8 Å². The number of hydrogen-bond acceptors (Lipinski definition) is 0. The van der Waals surface area contributed by atoms with Crippen molar-refractivity contribution < 1.29 is 56.8 Å². The van der Waals surface area contributed by atoms with Gasteiger partial charge in [-0.25, -0.2) is 0 Å². The maximum Gasteiger partial charge on any atom is 0.316 e. The fourth-order valence-electron chi connectivity index (χ4n) is 0. The molecule has 0 spiro atoms. The smallest absolute Gasteiger partial charge is 0 e. The average Bonchev–Trinajstić information content (AvgIpc) is 0. The predicted octanol–water partition coefficient (Wildman–Crippen LogP) is -0.924. The first kappa shape index (κ1) is 31.0. The van der Waals surface area contributed by atoms with Crippen LogP contribution in [0, 0.1) is 0 Å². The molecule has 2 radical (unpaired) electrons. The molecule has 0 aromatic carbocycles. The van der Waals surface area contributed by atoms with Crippen molar-refractivity contribution in [3.63, 3.8) is 0 Å². The van der Waals surface area contributed by atoms with Crippen molar-refractivity contribution in [2.24, 2.45) is 0 Å².